The lowest BCUT2D eigenvalue weighted by Gasteiger charge is -2.30. The normalized spacial score (nSPS) is 35.4. The third-order valence-corrected chi connectivity index (χ3v) is 3.88. The highest BCUT2D eigenvalue weighted by molar-refractivity contribution is 4.98. The van der Waals surface area contributed by atoms with Crippen LogP contribution in [0.15, 0.2) is 0 Å². The minimum absolute atomic E-state index is 0.0707. The zero-order valence-corrected chi connectivity index (χ0v) is 10.4. The molecule has 1 saturated carbocycles. The first-order valence-electron chi connectivity index (χ1n) is 6.18. The van der Waals surface area contributed by atoms with Gasteiger partial charge in [-0.25, -0.2) is 0 Å². The molecule has 0 amide bonds. The van der Waals surface area contributed by atoms with Crippen molar-refractivity contribution in [2.45, 2.75) is 70.7 Å². The van der Waals surface area contributed by atoms with Crippen molar-refractivity contribution in [1.29, 1.82) is 0 Å². The van der Waals surface area contributed by atoms with E-state index in [1.165, 1.54) is 12.8 Å². The highest BCUT2D eigenvalue weighted by atomic mass is 16.5. The van der Waals surface area contributed by atoms with Crippen LogP contribution in [0.3, 0.4) is 0 Å². The monoisotopic (exact) mass is 212 g/mol. The lowest BCUT2D eigenvalue weighted by atomic mass is 9.81. The number of hydrogen-bond acceptors (Lipinski definition) is 2. The third-order valence-electron chi connectivity index (χ3n) is 3.88. The van der Waals surface area contributed by atoms with Crippen LogP contribution >= 0.6 is 0 Å². The SMILES string of the molecule is CC1(C)CC(C(O)CC2CC2)C(C)(C)O1. The summed E-state index contributed by atoms with van der Waals surface area (Å²) in [5, 5.41) is 10.2. The molecule has 0 radical (unpaired) electrons. The van der Waals surface area contributed by atoms with Gasteiger partial charge in [-0.1, -0.05) is 12.8 Å². The maximum Gasteiger partial charge on any atom is 0.0687 e. The zero-order chi connectivity index (χ0) is 11.3. The van der Waals surface area contributed by atoms with Crippen LogP contribution in [0.25, 0.3) is 0 Å². The summed E-state index contributed by atoms with van der Waals surface area (Å²) in [6.07, 6.45) is 4.42. The third kappa shape index (κ3) is 2.54. The van der Waals surface area contributed by atoms with Gasteiger partial charge in [-0.15, -0.1) is 0 Å². The average Bonchev–Trinajstić information content (AvgIpc) is 2.77. The van der Waals surface area contributed by atoms with Crippen LogP contribution in [-0.4, -0.2) is 22.4 Å². The van der Waals surface area contributed by atoms with E-state index in [1.54, 1.807) is 0 Å². The molecule has 0 aromatic rings. The first kappa shape index (κ1) is 11.4. The predicted octanol–water partition coefficient (Wildman–Crippen LogP) is 2.74. The van der Waals surface area contributed by atoms with E-state index in [-0.39, 0.29) is 17.3 Å². The molecule has 2 rings (SSSR count). The smallest absolute Gasteiger partial charge is 0.0687 e. The molecule has 1 N–H and O–H groups in total. The Kier molecular flexibility index (Phi) is 2.63. The van der Waals surface area contributed by atoms with Gasteiger partial charge in [0, 0.05) is 5.92 Å². The van der Waals surface area contributed by atoms with Crippen LogP contribution in [0.2, 0.25) is 0 Å². The molecule has 1 saturated heterocycles. The molecule has 2 nitrogen and oxygen atoms in total. The van der Waals surface area contributed by atoms with E-state index >= 15 is 0 Å². The average molecular weight is 212 g/mol. The summed E-state index contributed by atoms with van der Waals surface area (Å²) in [5.41, 5.74) is -0.240. The molecule has 88 valence electrons. The van der Waals surface area contributed by atoms with E-state index < -0.39 is 0 Å². The summed E-state index contributed by atoms with van der Waals surface area (Å²) in [5.74, 6) is 1.09. The molecule has 15 heavy (non-hydrogen) atoms. The van der Waals surface area contributed by atoms with E-state index in [9.17, 15) is 5.11 Å². The fraction of sp³-hybridized carbons (Fsp3) is 1.00. The molecule has 1 aliphatic carbocycles. The predicted molar refractivity (Wildman–Crippen MR) is 60.7 cm³/mol. The minimum Gasteiger partial charge on any atom is -0.393 e. The Morgan fingerprint density at radius 1 is 1.27 bits per heavy atom. The molecular formula is C13H24O2. The van der Waals surface area contributed by atoms with E-state index in [0.717, 1.165) is 18.8 Å². The van der Waals surface area contributed by atoms with Gasteiger partial charge in [0.15, 0.2) is 0 Å². The van der Waals surface area contributed by atoms with Gasteiger partial charge in [0.2, 0.25) is 0 Å². The summed E-state index contributed by atoms with van der Waals surface area (Å²) in [6, 6.07) is 0. The first-order valence-corrected chi connectivity index (χ1v) is 6.18. The molecule has 0 aromatic heterocycles. The molecule has 1 aliphatic heterocycles. The highest BCUT2D eigenvalue weighted by Crippen LogP contribution is 2.46. The van der Waals surface area contributed by atoms with Crippen molar-refractivity contribution < 1.29 is 9.84 Å². The second-order valence-electron chi connectivity index (χ2n) is 6.52. The minimum atomic E-state index is -0.172. The van der Waals surface area contributed by atoms with Gasteiger partial charge in [0.25, 0.3) is 0 Å². The Morgan fingerprint density at radius 2 is 1.87 bits per heavy atom. The topological polar surface area (TPSA) is 29.5 Å². The summed E-state index contributed by atoms with van der Waals surface area (Å²) in [6.45, 7) is 8.47. The molecule has 2 heteroatoms. The zero-order valence-electron chi connectivity index (χ0n) is 10.4. The second-order valence-corrected chi connectivity index (χ2v) is 6.52. The van der Waals surface area contributed by atoms with Crippen molar-refractivity contribution in [2.75, 3.05) is 0 Å². The Morgan fingerprint density at radius 3 is 2.27 bits per heavy atom. The van der Waals surface area contributed by atoms with Crippen LogP contribution in [0, 0.1) is 11.8 Å². The van der Waals surface area contributed by atoms with Gasteiger partial charge in [-0.2, -0.15) is 0 Å². The standard InChI is InChI=1S/C13H24O2/c1-12(2)8-10(13(3,4)15-12)11(14)7-9-5-6-9/h9-11,14H,5-8H2,1-4H3. The molecule has 0 spiro atoms. The van der Waals surface area contributed by atoms with Crippen LogP contribution in [0.5, 0.6) is 0 Å². The van der Waals surface area contributed by atoms with E-state index in [4.69, 9.17) is 4.74 Å². The molecular weight excluding hydrogens is 188 g/mol. The maximum absolute atomic E-state index is 10.2. The van der Waals surface area contributed by atoms with Crippen molar-refractivity contribution in [3.05, 3.63) is 0 Å². The maximum atomic E-state index is 10.2. The molecule has 0 bridgehead atoms. The largest absolute Gasteiger partial charge is 0.393 e. The van der Waals surface area contributed by atoms with Gasteiger partial charge >= 0.3 is 0 Å². The van der Waals surface area contributed by atoms with E-state index in [2.05, 4.69) is 27.7 Å². The van der Waals surface area contributed by atoms with Gasteiger partial charge in [-0.05, 0) is 46.5 Å². The first-order chi connectivity index (χ1) is 6.80. The summed E-state index contributed by atoms with van der Waals surface area (Å²) in [4.78, 5) is 0. The van der Waals surface area contributed by atoms with Crippen LogP contribution in [0.1, 0.15) is 53.4 Å². The molecule has 2 unspecified atom stereocenters. The van der Waals surface area contributed by atoms with Gasteiger partial charge in [-0.3, -0.25) is 0 Å². The van der Waals surface area contributed by atoms with Gasteiger partial charge in [0.05, 0.1) is 17.3 Å². The highest BCUT2D eigenvalue weighted by Gasteiger charge is 2.49. The second kappa shape index (κ2) is 3.46. The number of aliphatic hydroxyl groups is 1. The summed E-state index contributed by atoms with van der Waals surface area (Å²) >= 11 is 0. The van der Waals surface area contributed by atoms with Crippen molar-refractivity contribution in [1.82, 2.24) is 0 Å². The van der Waals surface area contributed by atoms with Crippen LogP contribution in [-0.2, 0) is 4.74 Å². The summed E-state index contributed by atoms with van der Waals surface area (Å²) in [7, 11) is 0. The number of ether oxygens (including phenoxy) is 1. The fourth-order valence-corrected chi connectivity index (χ4v) is 3.06. The van der Waals surface area contributed by atoms with E-state index in [1.807, 2.05) is 0 Å². The number of rotatable bonds is 3. The molecule has 0 aromatic carbocycles. The number of hydrogen-bond donors (Lipinski definition) is 1. The Hall–Kier alpha value is -0.0800. The van der Waals surface area contributed by atoms with Crippen molar-refractivity contribution >= 4 is 0 Å². The fourth-order valence-electron chi connectivity index (χ4n) is 3.06. The molecule has 1 heterocycles. The van der Waals surface area contributed by atoms with Crippen molar-refractivity contribution in [3.8, 4) is 0 Å². The van der Waals surface area contributed by atoms with E-state index in [0.29, 0.717) is 5.92 Å². The number of aliphatic hydroxyl groups excluding tert-OH is 1. The van der Waals surface area contributed by atoms with Crippen molar-refractivity contribution in [2.24, 2.45) is 11.8 Å². The quantitative estimate of drug-likeness (QED) is 0.779. The lowest BCUT2D eigenvalue weighted by Crippen LogP contribution is -2.36. The molecule has 2 fully saturated rings. The van der Waals surface area contributed by atoms with Crippen LogP contribution in [0.4, 0.5) is 0 Å². The Balaban J connectivity index is 2.00. The molecule has 2 aliphatic rings. The molecule has 2 atom stereocenters. The van der Waals surface area contributed by atoms with Crippen molar-refractivity contribution in [3.63, 3.8) is 0 Å². The Labute approximate surface area is 93.0 Å². The Bertz CT molecular complexity index is 241. The van der Waals surface area contributed by atoms with Gasteiger partial charge in [0.1, 0.15) is 0 Å². The van der Waals surface area contributed by atoms with Crippen LogP contribution < -0.4 is 0 Å². The lowest BCUT2D eigenvalue weighted by molar-refractivity contribution is -0.0885. The summed E-state index contributed by atoms with van der Waals surface area (Å²) < 4.78 is 6.01. The van der Waals surface area contributed by atoms with Gasteiger partial charge < -0.3 is 9.84 Å².